The first-order valence-electron chi connectivity index (χ1n) is 4.98. The Kier molecular flexibility index (Phi) is 1.79. The fraction of sp³-hybridized carbons (Fsp3) is 0.273. The average Bonchev–Trinajstić information content (AvgIpc) is 2.61. The number of hydrogen-bond donors (Lipinski definition) is 1. The van der Waals surface area contributed by atoms with E-state index in [0.717, 1.165) is 5.52 Å². The lowest BCUT2D eigenvalue weighted by Crippen LogP contribution is -2.54. The molecular formula is C11H10N2O3. The molecule has 2 aromatic rings. The molecule has 0 atom stereocenters. The highest BCUT2D eigenvalue weighted by molar-refractivity contribution is 5.82. The first kappa shape index (κ1) is 9.35. The summed E-state index contributed by atoms with van der Waals surface area (Å²) in [6, 6.07) is 5.64. The number of hydrogen-bond acceptors (Lipinski definition) is 3. The van der Waals surface area contributed by atoms with Crippen molar-refractivity contribution in [1.82, 2.24) is 9.38 Å². The first-order valence-corrected chi connectivity index (χ1v) is 4.98. The van der Waals surface area contributed by atoms with E-state index in [1.54, 1.807) is 10.6 Å². The van der Waals surface area contributed by atoms with Crippen LogP contribution in [0.4, 0.5) is 0 Å². The number of pyridine rings is 1. The summed E-state index contributed by atoms with van der Waals surface area (Å²) >= 11 is 0. The van der Waals surface area contributed by atoms with Gasteiger partial charge in [-0.05, 0) is 12.1 Å². The van der Waals surface area contributed by atoms with Crippen LogP contribution < -0.4 is 0 Å². The number of fused-ring (bicyclic) bond motifs is 1. The molecule has 1 aliphatic heterocycles. The normalized spacial score (nSPS) is 18.2. The second-order valence-electron chi connectivity index (χ2n) is 3.96. The maximum atomic E-state index is 11.3. The molecule has 0 spiro atoms. The van der Waals surface area contributed by atoms with Crippen molar-refractivity contribution in [2.24, 2.45) is 0 Å². The van der Waals surface area contributed by atoms with Gasteiger partial charge in [-0.2, -0.15) is 0 Å². The Hall–Kier alpha value is -1.88. The van der Waals surface area contributed by atoms with Gasteiger partial charge in [0, 0.05) is 6.20 Å². The monoisotopic (exact) mass is 218 g/mol. The molecule has 0 aromatic carbocycles. The molecule has 2 aromatic heterocycles. The van der Waals surface area contributed by atoms with Crippen molar-refractivity contribution in [3.05, 3.63) is 36.4 Å². The zero-order valence-electron chi connectivity index (χ0n) is 8.46. The van der Waals surface area contributed by atoms with Gasteiger partial charge in [-0.1, -0.05) is 6.07 Å². The Balaban J connectivity index is 2.22. The van der Waals surface area contributed by atoms with Gasteiger partial charge in [0.05, 0.1) is 24.9 Å². The summed E-state index contributed by atoms with van der Waals surface area (Å²) in [5.74, 6) is -0.336. The molecule has 1 N–H and O–H groups in total. The van der Waals surface area contributed by atoms with Gasteiger partial charge in [-0.15, -0.1) is 0 Å². The van der Waals surface area contributed by atoms with Gasteiger partial charge in [0.25, 0.3) is 0 Å². The van der Waals surface area contributed by atoms with Crippen LogP contribution in [0.15, 0.2) is 30.6 Å². The first-order chi connectivity index (χ1) is 7.74. The van der Waals surface area contributed by atoms with Crippen molar-refractivity contribution in [3.8, 4) is 0 Å². The fourth-order valence-corrected chi connectivity index (χ4v) is 1.95. The number of ether oxygens (including phenoxy) is 1. The Morgan fingerprint density at radius 3 is 2.94 bits per heavy atom. The van der Waals surface area contributed by atoms with Crippen LogP contribution in [0.1, 0.15) is 5.82 Å². The molecule has 16 heavy (non-hydrogen) atoms. The Morgan fingerprint density at radius 2 is 2.31 bits per heavy atom. The molecule has 3 rings (SSSR count). The molecule has 5 nitrogen and oxygen atoms in total. The third-order valence-electron chi connectivity index (χ3n) is 2.97. The molecule has 0 bridgehead atoms. The molecule has 0 aliphatic carbocycles. The van der Waals surface area contributed by atoms with Crippen LogP contribution in [0.25, 0.3) is 5.52 Å². The lowest BCUT2D eigenvalue weighted by molar-refractivity contribution is -0.164. The van der Waals surface area contributed by atoms with Crippen LogP contribution in [0, 0.1) is 0 Å². The highest BCUT2D eigenvalue weighted by Crippen LogP contribution is 2.32. The van der Waals surface area contributed by atoms with Crippen LogP contribution in [-0.2, 0) is 14.9 Å². The molecule has 0 radical (unpaired) electrons. The Bertz CT molecular complexity index is 557. The van der Waals surface area contributed by atoms with Gasteiger partial charge in [0.15, 0.2) is 5.41 Å². The molecule has 3 heterocycles. The third-order valence-corrected chi connectivity index (χ3v) is 2.97. The summed E-state index contributed by atoms with van der Waals surface area (Å²) in [5.41, 5.74) is -0.0849. The van der Waals surface area contributed by atoms with Crippen LogP contribution in [0.3, 0.4) is 0 Å². The zero-order chi connectivity index (χ0) is 11.2. The van der Waals surface area contributed by atoms with Gasteiger partial charge in [0.1, 0.15) is 5.82 Å². The van der Waals surface area contributed by atoms with Crippen molar-refractivity contribution < 1.29 is 14.6 Å². The number of carboxylic acids is 1. The summed E-state index contributed by atoms with van der Waals surface area (Å²) in [6.07, 6.45) is 3.50. The van der Waals surface area contributed by atoms with E-state index in [2.05, 4.69) is 4.98 Å². The number of carbonyl (C=O) groups is 1. The molecule has 5 heteroatoms. The largest absolute Gasteiger partial charge is 0.480 e. The van der Waals surface area contributed by atoms with E-state index in [4.69, 9.17) is 4.74 Å². The highest BCUT2D eigenvalue weighted by atomic mass is 16.5. The third kappa shape index (κ3) is 1.03. The smallest absolute Gasteiger partial charge is 0.322 e. The van der Waals surface area contributed by atoms with Crippen LogP contribution in [-0.4, -0.2) is 33.7 Å². The summed E-state index contributed by atoms with van der Waals surface area (Å²) < 4.78 is 6.84. The second-order valence-corrected chi connectivity index (χ2v) is 3.96. The van der Waals surface area contributed by atoms with Gasteiger partial charge < -0.3 is 14.2 Å². The minimum atomic E-state index is -0.978. The summed E-state index contributed by atoms with van der Waals surface area (Å²) in [6.45, 7) is 0.382. The predicted molar refractivity (Wildman–Crippen MR) is 55.3 cm³/mol. The average molecular weight is 218 g/mol. The second kappa shape index (κ2) is 3.05. The van der Waals surface area contributed by atoms with E-state index < -0.39 is 11.4 Å². The minimum absolute atomic E-state index is 0.191. The summed E-state index contributed by atoms with van der Waals surface area (Å²) in [4.78, 5) is 15.5. The van der Waals surface area contributed by atoms with E-state index >= 15 is 0 Å². The number of aromatic nitrogens is 2. The SMILES string of the molecule is O=C(O)C1(c2ncc3ccccn23)COC1. The quantitative estimate of drug-likeness (QED) is 0.805. The number of carboxylic acid groups (broad SMARTS) is 1. The molecule has 1 saturated heterocycles. The van der Waals surface area contributed by atoms with E-state index in [9.17, 15) is 9.90 Å². The number of imidazole rings is 1. The van der Waals surface area contributed by atoms with Gasteiger partial charge >= 0.3 is 5.97 Å². The van der Waals surface area contributed by atoms with E-state index in [1.807, 2.05) is 24.4 Å². The number of rotatable bonds is 2. The molecular weight excluding hydrogens is 208 g/mol. The molecule has 1 fully saturated rings. The van der Waals surface area contributed by atoms with Gasteiger partial charge in [-0.3, -0.25) is 4.79 Å². The maximum Gasteiger partial charge on any atom is 0.322 e. The van der Waals surface area contributed by atoms with E-state index in [-0.39, 0.29) is 13.2 Å². The maximum absolute atomic E-state index is 11.3. The molecule has 0 unspecified atom stereocenters. The Morgan fingerprint density at radius 1 is 1.50 bits per heavy atom. The van der Waals surface area contributed by atoms with Crippen LogP contribution >= 0.6 is 0 Å². The standard InChI is InChI=1S/C11H10N2O3/c14-10(15)11(6-16-7-11)9-12-5-8-3-1-2-4-13(8)9/h1-5H,6-7H2,(H,14,15). The summed E-state index contributed by atoms with van der Waals surface area (Å²) in [7, 11) is 0. The molecule has 1 aliphatic rings. The Labute approximate surface area is 91.3 Å². The summed E-state index contributed by atoms with van der Waals surface area (Å²) in [5, 5.41) is 9.28. The van der Waals surface area contributed by atoms with Gasteiger partial charge in [0.2, 0.25) is 0 Å². The van der Waals surface area contributed by atoms with Crippen molar-refractivity contribution in [2.45, 2.75) is 5.41 Å². The molecule has 0 saturated carbocycles. The van der Waals surface area contributed by atoms with E-state index in [1.165, 1.54) is 0 Å². The topological polar surface area (TPSA) is 63.8 Å². The van der Waals surface area contributed by atoms with Crippen molar-refractivity contribution in [1.29, 1.82) is 0 Å². The predicted octanol–water partition coefficient (Wildman–Crippen LogP) is 0.687. The van der Waals surface area contributed by atoms with Crippen molar-refractivity contribution >= 4 is 11.5 Å². The molecule has 82 valence electrons. The molecule has 0 amide bonds. The van der Waals surface area contributed by atoms with Crippen LogP contribution in [0.5, 0.6) is 0 Å². The number of aliphatic carboxylic acids is 1. The lowest BCUT2D eigenvalue weighted by atomic mass is 9.85. The zero-order valence-corrected chi connectivity index (χ0v) is 8.46. The number of nitrogens with zero attached hydrogens (tertiary/aromatic N) is 2. The van der Waals surface area contributed by atoms with Crippen molar-refractivity contribution in [3.63, 3.8) is 0 Å². The van der Waals surface area contributed by atoms with Gasteiger partial charge in [-0.25, -0.2) is 4.98 Å². The minimum Gasteiger partial charge on any atom is -0.480 e. The lowest BCUT2D eigenvalue weighted by Gasteiger charge is -2.35. The van der Waals surface area contributed by atoms with Crippen LogP contribution in [0.2, 0.25) is 0 Å². The van der Waals surface area contributed by atoms with E-state index in [0.29, 0.717) is 5.82 Å². The highest BCUT2D eigenvalue weighted by Gasteiger charge is 2.51. The fourth-order valence-electron chi connectivity index (χ4n) is 1.95. The van der Waals surface area contributed by atoms with Crippen molar-refractivity contribution in [2.75, 3.05) is 13.2 Å².